The first-order chi connectivity index (χ1) is 11.2. The number of hydrogen-bond acceptors (Lipinski definition) is 5. The second kappa shape index (κ2) is 10.2. The Balaban J connectivity index is 0.00000156. The molecule has 1 saturated carbocycles. The fraction of sp³-hybridized carbons (Fsp3) is 0.562. The number of halogens is 2. The summed E-state index contributed by atoms with van der Waals surface area (Å²) >= 11 is 1.76. The van der Waals surface area contributed by atoms with Crippen LogP contribution < -0.4 is 11.1 Å². The Labute approximate surface area is 164 Å². The van der Waals surface area contributed by atoms with Crippen molar-refractivity contribution in [2.24, 2.45) is 11.7 Å². The van der Waals surface area contributed by atoms with E-state index in [2.05, 4.69) is 21.8 Å². The highest BCUT2D eigenvalue weighted by Gasteiger charge is 2.30. The first-order valence-corrected chi connectivity index (χ1v) is 9.43. The van der Waals surface area contributed by atoms with Crippen LogP contribution in [-0.2, 0) is 4.79 Å². The fourth-order valence-electron chi connectivity index (χ4n) is 3.14. The van der Waals surface area contributed by atoms with Crippen LogP contribution in [0, 0.1) is 5.92 Å². The molecule has 1 aliphatic rings. The van der Waals surface area contributed by atoms with E-state index in [0.717, 1.165) is 42.9 Å². The Morgan fingerprint density at radius 1 is 1.40 bits per heavy atom. The summed E-state index contributed by atoms with van der Waals surface area (Å²) in [5, 5.41) is 11.7. The van der Waals surface area contributed by atoms with Crippen molar-refractivity contribution >= 4 is 48.1 Å². The highest BCUT2D eigenvalue weighted by molar-refractivity contribution is 7.98. The maximum Gasteiger partial charge on any atom is 0.223 e. The average Bonchev–Trinajstić information content (AvgIpc) is 3.17. The first kappa shape index (κ1) is 22.0. The molecular weight excluding hydrogens is 381 g/mol. The molecule has 2 aromatic heterocycles. The first-order valence-electron chi connectivity index (χ1n) is 8.03. The molecule has 0 aliphatic heterocycles. The van der Waals surface area contributed by atoms with Gasteiger partial charge in [-0.05, 0) is 49.8 Å². The van der Waals surface area contributed by atoms with Gasteiger partial charge in [-0.15, -0.1) is 35.0 Å². The van der Waals surface area contributed by atoms with E-state index in [-0.39, 0.29) is 48.7 Å². The zero-order chi connectivity index (χ0) is 16.2. The lowest BCUT2D eigenvalue weighted by Gasteiger charge is -2.19. The molecular formula is C16H25Cl2N5OS. The van der Waals surface area contributed by atoms with Gasteiger partial charge in [0.05, 0.1) is 6.04 Å². The lowest BCUT2D eigenvalue weighted by molar-refractivity contribution is -0.125. The molecule has 2 heterocycles. The molecule has 3 N–H and O–H groups in total. The second-order valence-electron chi connectivity index (χ2n) is 6.10. The summed E-state index contributed by atoms with van der Waals surface area (Å²) in [6.07, 6.45) is 7.43. The number of nitrogens with two attached hydrogens (primary N) is 1. The standard InChI is InChI=1S/C16H23N5OS.2ClH/c1-23-9-7-13(18-16(22)11-5-6-12(17)10-11)15-20-19-14-4-2-3-8-21(14)15;;/h2-4,8,11-13H,5-7,9-10,17H2,1H3,(H,18,22);2*1H. The molecule has 3 atom stereocenters. The molecule has 1 fully saturated rings. The highest BCUT2D eigenvalue weighted by atomic mass is 35.5. The van der Waals surface area contributed by atoms with Crippen molar-refractivity contribution in [3.63, 3.8) is 0 Å². The molecule has 1 amide bonds. The number of nitrogens with one attached hydrogen (secondary N) is 1. The molecule has 0 radical (unpaired) electrons. The van der Waals surface area contributed by atoms with E-state index < -0.39 is 0 Å². The Bertz CT molecular complexity index is 683. The Hall–Kier alpha value is -1.02. The van der Waals surface area contributed by atoms with Gasteiger partial charge in [-0.25, -0.2) is 0 Å². The van der Waals surface area contributed by atoms with Gasteiger partial charge in [0.25, 0.3) is 0 Å². The summed E-state index contributed by atoms with van der Waals surface area (Å²) in [5.41, 5.74) is 6.73. The Morgan fingerprint density at radius 2 is 2.20 bits per heavy atom. The van der Waals surface area contributed by atoms with Crippen LogP contribution in [0.3, 0.4) is 0 Å². The molecule has 140 valence electrons. The normalized spacial score (nSPS) is 20.6. The molecule has 25 heavy (non-hydrogen) atoms. The topological polar surface area (TPSA) is 85.3 Å². The zero-order valence-electron chi connectivity index (χ0n) is 14.1. The van der Waals surface area contributed by atoms with Crippen LogP contribution >= 0.6 is 36.6 Å². The van der Waals surface area contributed by atoms with Gasteiger partial charge in [0.1, 0.15) is 0 Å². The minimum atomic E-state index is -0.121. The van der Waals surface area contributed by atoms with Gasteiger partial charge in [0, 0.05) is 18.2 Å². The van der Waals surface area contributed by atoms with Crippen LogP contribution in [0.1, 0.15) is 37.5 Å². The van der Waals surface area contributed by atoms with Gasteiger partial charge >= 0.3 is 0 Å². The maximum atomic E-state index is 12.6. The van der Waals surface area contributed by atoms with Crippen LogP contribution in [0.4, 0.5) is 0 Å². The number of carbonyl (C=O) groups excluding carboxylic acids is 1. The summed E-state index contributed by atoms with van der Waals surface area (Å²) in [7, 11) is 0. The van der Waals surface area contributed by atoms with E-state index in [9.17, 15) is 4.79 Å². The molecule has 0 bridgehead atoms. The third-order valence-electron chi connectivity index (χ3n) is 4.42. The number of amides is 1. The van der Waals surface area contributed by atoms with Crippen molar-refractivity contribution in [2.75, 3.05) is 12.0 Å². The second-order valence-corrected chi connectivity index (χ2v) is 7.09. The number of pyridine rings is 1. The average molecular weight is 406 g/mol. The van der Waals surface area contributed by atoms with Crippen LogP contribution in [0.5, 0.6) is 0 Å². The predicted octanol–water partition coefficient (Wildman–Crippen LogP) is 2.61. The molecule has 2 aromatic rings. The van der Waals surface area contributed by atoms with Crippen LogP contribution in [0.25, 0.3) is 5.65 Å². The summed E-state index contributed by atoms with van der Waals surface area (Å²) in [5.74, 6) is 1.87. The summed E-state index contributed by atoms with van der Waals surface area (Å²) in [4.78, 5) is 12.6. The monoisotopic (exact) mass is 405 g/mol. The van der Waals surface area contributed by atoms with Crippen molar-refractivity contribution in [1.29, 1.82) is 0 Å². The van der Waals surface area contributed by atoms with E-state index in [1.165, 1.54) is 0 Å². The van der Waals surface area contributed by atoms with Crippen LogP contribution in [0.2, 0.25) is 0 Å². The van der Waals surface area contributed by atoms with E-state index in [1.54, 1.807) is 11.8 Å². The molecule has 1 aliphatic carbocycles. The van der Waals surface area contributed by atoms with E-state index >= 15 is 0 Å². The van der Waals surface area contributed by atoms with Crippen LogP contribution in [0.15, 0.2) is 24.4 Å². The molecule has 9 heteroatoms. The number of hydrogen-bond donors (Lipinski definition) is 2. The van der Waals surface area contributed by atoms with Gasteiger partial charge in [0.2, 0.25) is 5.91 Å². The summed E-state index contributed by atoms with van der Waals surface area (Å²) < 4.78 is 1.95. The molecule has 0 spiro atoms. The van der Waals surface area contributed by atoms with Gasteiger partial charge < -0.3 is 11.1 Å². The molecule has 0 aromatic carbocycles. The van der Waals surface area contributed by atoms with Gasteiger partial charge in [0.15, 0.2) is 11.5 Å². The van der Waals surface area contributed by atoms with E-state index in [0.29, 0.717) is 0 Å². The van der Waals surface area contributed by atoms with Crippen molar-refractivity contribution in [3.8, 4) is 0 Å². The molecule has 3 unspecified atom stereocenters. The number of rotatable bonds is 6. The summed E-state index contributed by atoms with van der Waals surface area (Å²) in [6, 6.07) is 5.83. The van der Waals surface area contributed by atoms with Crippen molar-refractivity contribution in [1.82, 2.24) is 19.9 Å². The fourth-order valence-corrected chi connectivity index (χ4v) is 3.61. The zero-order valence-corrected chi connectivity index (χ0v) is 16.6. The highest BCUT2D eigenvalue weighted by Crippen LogP contribution is 2.26. The minimum Gasteiger partial charge on any atom is -0.346 e. The van der Waals surface area contributed by atoms with Crippen molar-refractivity contribution < 1.29 is 4.79 Å². The maximum absolute atomic E-state index is 12.6. The van der Waals surface area contributed by atoms with Crippen molar-refractivity contribution in [3.05, 3.63) is 30.2 Å². The minimum absolute atomic E-state index is 0. The number of aromatic nitrogens is 3. The van der Waals surface area contributed by atoms with Gasteiger partial charge in [-0.1, -0.05) is 6.07 Å². The quantitative estimate of drug-likeness (QED) is 0.770. The molecule has 3 rings (SSSR count). The Morgan fingerprint density at radius 3 is 2.88 bits per heavy atom. The smallest absolute Gasteiger partial charge is 0.223 e. The number of fused-ring (bicyclic) bond motifs is 1. The van der Waals surface area contributed by atoms with Crippen molar-refractivity contribution in [2.45, 2.75) is 37.8 Å². The van der Waals surface area contributed by atoms with Gasteiger partial charge in [-0.2, -0.15) is 11.8 Å². The lowest BCUT2D eigenvalue weighted by atomic mass is 10.1. The number of thioether (sulfide) groups is 1. The largest absolute Gasteiger partial charge is 0.346 e. The SMILES string of the molecule is CSCCC(NC(=O)C1CCC(N)C1)c1nnc2ccccn12.Cl.Cl. The van der Waals surface area contributed by atoms with E-state index in [4.69, 9.17) is 5.73 Å². The number of carbonyl (C=O) groups is 1. The van der Waals surface area contributed by atoms with Crippen LogP contribution in [-0.4, -0.2) is 38.6 Å². The molecule has 0 saturated heterocycles. The number of nitrogens with zero attached hydrogens (tertiary/aromatic N) is 3. The lowest BCUT2D eigenvalue weighted by Crippen LogP contribution is -2.35. The van der Waals surface area contributed by atoms with E-state index in [1.807, 2.05) is 28.8 Å². The summed E-state index contributed by atoms with van der Waals surface area (Å²) in [6.45, 7) is 0. The third kappa shape index (κ3) is 5.23. The predicted molar refractivity (Wildman–Crippen MR) is 107 cm³/mol. The third-order valence-corrected chi connectivity index (χ3v) is 5.07. The Kier molecular flexibility index (Phi) is 8.99. The van der Waals surface area contributed by atoms with Gasteiger partial charge in [-0.3, -0.25) is 9.20 Å². The molecule has 6 nitrogen and oxygen atoms in total.